The van der Waals surface area contributed by atoms with E-state index in [1.807, 2.05) is 6.92 Å². The Kier molecular flexibility index (Phi) is 6.10. The Morgan fingerprint density at radius 3 is 2.39 bits per heavy atom. The van der Waals surface area contributed by atoms with Crippen LogP contribution in [0.15, 0.2) is 24.3 Å². The molecule has 1 fully saturated rings. The predicted octanol–water partition coefficient (Wildman–Crippen LogP) is 3.21. The summed E-state index contributed by atoms with van der Waals surface area (Å²) >= 11 is 1.74. The Hall–Kier alpha value is -1.49. The van der Waals surface area contributed by atoms with Crippen molar-refractivity contribution >= 4 is 23.6 Å². The van der Waals surface area contributed by atoms with Gasteiger partial charge < -0.3 is 10.4 Å². The Morgan fingerprint density at radius 1 is 1.26 bits per heavy atom. The summed E-state index contributed by atoms with van der Waals surface area (Å²) in [4.78, 5) is 24.0. The van der Waals surface area contributed by atoms with E-state index in [1.54, 1.807) is 11.8 Å². The SMILES string of the molecule is CCc1ccc(C(C)CC(=O)NC2(C(=O)O)CCSCC2)cc1. The Bertz CT molecular complexity index is 550. The number of rotatable bonds is 6. The fourth-order valence-corrected chi connectivity index (χ4v) is 4.10. The fourth-order valence-electron chi connectivity index (χ4n) is 2.91. The van der Waals surface area contributed by atoms with Gasteiger partial charge in [0.2, 0.25) is 5.91 Å². The average Bonchev–Trinajstić information content (AvgIpc) is 2.55. The van der Waals surface area contributed by atoms with Crippen LogP contribution in [0, 0.1) is 0 Å². The quantitative estimate of drug-likeness (QED) is 0.838. The van der Waals surface area contributed by atoms with Crippen molar-refractivity contribution in [2.75, 3.05) is 11.5 Å². The second kappa shape index (κ2) is 7.86. The van der Waals surface area contributed by atoms with Gasteiger partial charge in [0, 0.05) is 6.42 Å². The molecule has 0 aliphatic carbocycles. The standard InChI is InChI=1S/C18H25NO3S/c1-3-14-4-6-15(7-5-14)13(2)12-16(20)19-18(17(21)22)8-10-23-11-9-18/h4-7,13H,3,8-12H2,1-2H3,(H,19,20)(H,21,22). The lowest BCUT2D eigenvalue weighted by molar-refractivity contribution is -0.148. The second-order valence-electron chi connectivity index (χ2n) is 6.25. The molecule has 1 unspecified atom stereocenters. The summed E-state index contributed by atoms with van der Waals surface area (Å²) in [6.07, 6.45) is 2.30. The van der Waals surface area contributed by atoms with Gasteiger partial charge in [-0.3, -0.25) is 4.79 Å². The third-order valence-corrected chi connectivity index (χ3v) is 5.57. The fraction of sp³-hybridized carbons (Fsp3) is 0.556. The van der Waals surface area contributed by atoms with E-state index in [4.69, 9.17) is 0 Å². The van der Waals surface area contributed by atoms with Crippen molar-refractivity contribution in [2.45, 2.75) is 51.0 Å². The van der Waals surface area contributed by atoms with Gasteiger partial charge in [-0.25, -0.2) is 4.79 Å². The molecule has 0 aromatic heterocycles. The van der Waals surface area contributed by atoms with Crippen molar-refractivity contribution in [3.63, 3.8) is 0 Å². The zero-order valence-corrected chi connectivity index (χ0v) is 14.6. The van der Waals surface area contributed by atoms with Gasteiger partial charge in [0.15, 0.2) is 0 Å². The van der Waals surface area contributed by atoms with Gasteiger partial charge in [-0.15, -0.1) is 0 Å². The molecule has 23 heavy (non-hydrogen) atoms. The number of carboxylic acid groups (broad SMARTS) is 1. The van der Waals surface area contributed by atoms with E-state index in [2.05, 4.69) is 36.5 Å². The van der Waals surface area contributed by atoms with Crippen LogP contribution in [0.3, 0.4) is 0 Å². The van der Waals surface area contributed by atoms with Gasteiger partial charge in [0.25, 0.3) is 0 Å². The van der Waals surface area contributed by atoms with Crippen LogP contribution in [0.2, 0.25) is 0 Å². The van der Waals surface area contributed by atoms with Crippen LogP contribution in [0.4, 0.5) is 0 Å². The van der Waals surface area contributed by atoms with Gasteiger partial charge in [-0.2, -0.15) is 11.8 Å². The zero-order chi connectivity index (χ0) is 16.9. The van der Waals surface area contributed by atoms with Crippen molar-refractivity contribution in [1.29, 1.82) is 0 Å². The number of carboxylic acids is 1. The largest absolute Gasteiger partial charge is 0.480 e. The molecule has 2 N–H and O–H groups in total. The number of carbonyl (C=O) groups is 2. The van der Waals surface area contributed by atoms with Gasteiger partial charge >= 0.3 is 5.97 Å². The molecular weight excluding hydrogens is 310 g/mol. The molecule has 1 amide bonds. The summed E-state index contributed by atoms with van der Waals surface area (Å²) in [7, 11) is 0. The van der Waals surface area contributed by atoms with Crippen LogP contribution in [0.5, 0.6) is 0 Å². The minimum Gasteiger partial charge on any atom is -0.480 e. The third-order valence-electron chi connectivity index (χ3n) is 4.58. The molecule has 126 valence electrons. The van der Waals surface area contributed by atoms with Crippen molar-refractivity contribution in [3.05, 3.63) is 35.4 Å². The lowest BCUT2D eigenvalue weighted by Gasteiger charge is -2.34. The highest BCUT2D eigenvalue weighted by molar-refractivity contribution is 7.99. The highest BCUT2D eigenvalue weighted by atomic mass is 32.2. The number of carbonyl (C=O) groups excluding carboxylic acids is 1. The Labute approximate surface area is 142 Å². The monoisotopic (exact) mass is 335 g/mol. The smallest absolute Gasteiger partial charge is 0.329 e. The molecule has 1 aliphatic rings. The molecule has 1 aliphatic heterocycles. The minimum atomic E-state index is -1.08. The van der Waals surface area contributed by atoms with E-state index < -0.39 is 11.5 Å². The normalized spacial score (nSPS) is 18.2. The van der Waals surface area contributed by atoms with Gasteiger partial charge in [0.05, 0.1) is 0 Å². The van der Waals surface area contributed by atoms with Gasteiger partial charge in [-0.1, -0.05) is 38.1 Å². The molecule has 0 radical (unpaired) electrons. The summed E-state index contributed by atoms with van der Waals surface area (Å²) in [5.41, 5.74) is 1.31. The Balaban J connectivity index is 1.98. The maximum atomic E-state index is 12.3. The first-order valence-corrected chi connectivity index (χ1v) is 9.33. The van der Waals surface area contributed by atoms with Gasteiger partial charge in [0.1, 0.15) is 5.54 Å². The molecule has 2 rings (SSSR count). The van der Waals surface area contributed by atoms with Gasteiger partial charge in [-0.05, 0) is 47.8 Å². The van der Waals surface area contributed by atoms with Crippen LogP contribution in [-0.4, -0.2) is 34.0 Å². The first-order chi connectivity index (χ1) is 11.0. The molecule has 1 aromatic carbocycles. The lowest BCUT2D eigenvalue weighted by atomic mass is 9.90. The van der Waals surface area contributed by atoms with Crippen molar-refractivity contribution in [2.24, 2.45) is 0 Å². The minimum absolute atomic E-state index is 0.0738. The molecule has 4 nitrogen and oxygen atoms in total. The molecular formula is C18H25NO3S. The predicted molar refractivity (Wildman–Crippen MR) is 93.9 cm³/mol. The topological polar surface area (TPSA) is 66.4 Å². The third kappa shape index (κ3) is 4.50. The number of benzene rings is 1. The number of amides is 1. The summed E-state index contributed by atoms with van der Waals surface area (Å²) < 4.78 is 0. The van der Waals surface area contributed by atoms with E-state index >= 15 is 0 Å². The van der Waals surface area contributed by atoms with Crippen LogP contribution >= 0.6 is 11.8 Å². The number of nitrogens with one attached hydrogen (secondary N) is 1. The van der Waals surface area contributed by atoms with Crippen molar-refractivity contribution in [1.82, 2.24) is 5.32 Å². The van der Waals surface area contributed by atoms with Crippen LogP contribution in [0.25, 0.3) is 0 Å². The van der Waals surface area contributed by atoms with Crippen LogP contribution in [-0.2, 0) is 16.0 Å². The summed E-state index contributed by atoms with van der Waals surface area (Å²) in [5.74, 6) is 0.545. The highest BCUT2D eigenvalue weighted by Gasteiger charge is 2.41. The molecule has 1 heterocycles. The highest BCUT2D eigenvalue weighted by Crippen LogP contribution is 2.28. The van der Waals surface area contributed by atoms with Crippen LogP contribution in [0.1, 0.15) is 50.2 Å². The number of hydrogen-bond acceptors (Lipinski definition) is 3. The number of aryl methyl sites for hydroxylation is 1. The first kappa shape index (κ1) is 17.9. The van der Waals surface area contributed by atoms with Crippen LogP contribution < -0.4 is 5.32 Å². The maximum absolute atomic E-state index is 12.3. The summed E-state index contributed by atoms with van der Waals surface area (Å²) in [6.45, 7) is 4.12. The van der Waals surface area contributed by atoms with Crippen molar-refractivity contribution < 1.29 is 14.7 Å². The van der Waals surface area contributed by atoms with E-state index in [9.17, 15) is 14.7 Å². The summed E-state index contributed by atoms with van der Waals surface area (Å²) in [5, 5.41) is 12.3. The maximum Gasteiger partial charge on any atom is 0.329 e. The molecule has 0 saturated carbocycles. The van der Waals surface area contributed by atoms with E-state index in [-0.39, 0.29) is 11.8 Å². The average molecular weight is 335 g/mol. The molecule has 1 aromatic rings. The van der Waals surface area contributed by atoms with Crippen molar-refractivity contribution in [3.8, 4) is 0 Å². The molecule has 1 atom stereocenters. The Morgan fingerprint density at radius 2 is 1.87 bits per heavy atom. The van der Waals surface area contributed by atoms with E-state index in [1.165, 1.54) is 5.56 Å². The lowest BCUT2D eigenvalue weighted by Crippen LogP contribution is -2.56. The molecule has 5 heteroatoms. The number of aliphatic carboxylic acids is 1. The second-order valence-corrected chi connectivity index (χ2v) is 7.47. The summed E-state index contributed by atoms with van der Waals surface area (Å²) in [6, 6.07) is 8.28. The van der Waals surface area contributed by atoms with E-state index in [0.29, 0.717) is 19.3 Å². The zero-order valence-electron chi connectivity index (χ0n) is 13.8. The number of hydrogen-bond donors (Lipinski definition) is 2. The molecule has 0 bridgehead atoms. The molecule has 1 saturated heterocycles. The molecule has 0 spiro atoms. The first-order valence-electron chi connectivity index (χ1n) is 8.18. The number of thioether (sulfide) groups is 1. The van der Waals surface area contributed by atoms with E-state index in [0.717, 1.165) is 23.5 Å².